The Kier molecular flexibility index (Phi) is 5.99. The van der Waals surface area contributed by atoms with Crippen LogP contribution < -0.4 is 0 Å². The second-order valence-corrected chi connectivity index (χ2v) is 7.45. The Morgan fingerprint density at radius 3 is 2.19 bits per heavy atom. The molecule has 3 rings (SSSR count). The lowest BCUT2D eigenvalue weighted by molar-refractivity contribution is -0.385. The van der Waals surface area contributed by atoms with Crippen LogP contribution in [0.1, 0.15) is 41.8 Å². The van der Waals surface area contributed by atoms with E-state index in [1.807, 2.05) is 13.8 Å². The van der Waals surface area contributed by atoms with Crippen molar-refractivity contribution in [2.24, 2.45) is 5.92 Å². The van der Waals surface area contributed by atoms with E-state index in [0.29, 0.717) is 12.0 Å². The minimum atomic E-state index is -0.799. The minimum Gasteiger partial charge on any atom is -0.462 e. The van der Waals surface area contributed by atoms with E-state index in [2.05, 4.69) is 0 Å². The smallest absolute Gasteiger partial charge is 0.339 e. The van der Waals surface area contributed by atoms with Gasteiger partial charge in [0.1, 0.15) is 17.7 Å². The van der Waals surface area contributed by atoms with Crippen molar-refractivity contribution >= 4 is 22.9 Å². The third-order valence-corrected chi connectivity index (χ3v) is 4.98. The highest BCUT2D eigenvalue weighted by Gasteiger charge is 2.34. The average molecular weight is 432 g/mol. The lowest BCUT2D eigenvalue weighted by Gasteiger charge is -2.11. The largest absolute Gasteiger partial charge is 0.462 e. The van der Waals surface area contributed by atoms with Crippen molar-refractivity contribution in [3.63, 3.8) is 0 Å². The first kappa shape index (κ1) is 22.1. The zero-order chi connectivity index (χ0) is 23.6. The highest BCUT2D eigenvalue weighted by molar-refractivity contribution is 6.11. The van der Waals surface area contributed by atoms with Crippen molar-refractivity contribution in [1.29, 1.82) is 10.5 Å². The Morgan fingerprint density at radius 2 is 1.62 bits per heavy atom. The number of esters is 1. The molecule has 1 aliphatic carbocycles. The third-order valence-electron chi connectivity index (χ3n) is 4.98. The SMILES string of the molecule is CC(C)CCOC(=O)c1cc([N+](=O)[O-])cc2c1-c1ccc([N+](=O)[O-])cc1C2=C(C#N)C#N. The predicted molar refractivity (Wildman–Crippen MR) is 112 cm³/mol. The van der Waals surface area contributed by atoms with Gasteiger partial charge in [-0.15, -0.1) is 0 Å². The Bertz CT molecular complexity index is 1260. The number of fused-ring (bicyclic) bond motifs is 3. The summed E-state index contributed by atoms with van der Waals surface area (Å²) in [6.45, 7) is 4.00. The number of nitriles is 2. The van der Waals surface area contributed by atoms with Crippen LogP contribution in [0.3, 0.4) is 0 Å². The molecule has 10 heteroatoms. The van der Waals surface area contributed by atoms with Gasteiger partial charge in [-0.3, -0.25) is 20.2 Å². The first-order valence-corrected chi connectivity index (χ1v) is 9.53. The molecule has 0 N–H and O–H groups in total. The Hall–Kier alpha value is -4.57. The zero-order valence-corrected chi connectivity index (χ0v) is 17.1. The van der Waals surface area contributed by atoms with Crippen LogP contribution in [0.25, 0.3) is 16.7 Å². The molecule has 0 aromatic heterocycles. The molecule has 32 heavy (non-hydrogen) atoms. The van der Waals surface area contributed by atoms with E-state index in [1.54, 1.807) is 12.1 Å². The molecule has 0 radical (unpaired) electrons. The summed E-state index contributed by atoms with van der Waals surface area (Å²) in [5, 5.41) is 41.7. The monoisotopic (exact) mass is 432 g/mol. The number of hydrogen-bond donors (Lipinski definition) is 0. The molecule has 0 saturated carbocycles. The van der Waals surface area contributed by atoms with Crippen molar-refractivity contribution in [1.82, 2.24) is 0 Å². The number of rotatable bonds is 6. The van der Waals surface area contributed by atoms with Gasteiger partial charge in [-0.1, -0.05) is 13.8 Å². The number of benzene rings is 2. The summed E-state index contributed by atoms with van der Waals surface area (Å²) >= 11 is 0. The molecule has 1 aliphatic rings. The summed E-state index contributed by atoms with van der Waals surface area (Å²) in [7, 11) is 0. The Labute approximate surface area is 182 Å². The number of hydrogen-bond acceptors (Lipinski definition) is 8. The molecule has 0 fully saturated rings. The van der Waals surface area contributed by atoms with Gasteiger partial charge in [-0.2, -0.15) is 10.5 Å². The lowest BCUT2D eigenvalue weighted by atomic mass is 9.96. The van der Waals surface area contributed by atoms with Gasteiger partial charge in [0.2, 0.25) is 0 Å². The van der Waals surface area contributed by atoms with Crippen LogP contribution in [0.15, 0.2) is 35.9 Å². The topological polar surface area (TPSA) is 160 Å². The van der Waals surface area contributed by atoms with Crippen LogP contribution in [0, 0.1) is 48.8 Å². The summed E-state index contributed by atoms with van der Waals surface area (Å²) in [5.74, 6) is -0.533. The van der Waals surface area contributed by atoms with Crippen molar-refractivity contribution < 1.29 is 19.4 Å². The number of ether oxygens (including phenoxy) is 1. The molecular formula is C22H16N4O6. The fourth-order valence-corrected chi connectivity index (χ4v) is 3.47. The maximum Gasteiger partial charge on any atom is 0.339 e. The molecule has 160 valence electrons. The number of carbonyl (C=O) groups excluding carboxylic acids is 1. The predicted octanol–water partition coefficient (Wildman–Crippen LogP) is 4.54. The molecule has 2 aromatic rings. The van der Waals surface area contributed by atoms with E-state index in [1.165, 1.54) is 18.2 Å². The van der Waals surface area contributed by atoms with Crippen LogP contribution in [0.5, 0.6) is 0 Å². The van der Waals surface area contributed by atoms with Crippen LogP contribution in [-0.4, -0.2) is 22.4 Å². The van der Waals surface area contributed by atoms with E-state index in [-0.39, 0.29) is 51.6 Å². The van der Waals surface area contributed by atoms with Gasteiger partial charge in [-0.05, 0) is 35.1 Å². The van der Waals surface area contributed by atoms with Crippen molar-refractivity contribution in [2.45, 2.75) is 20.3 Å². The zero-order valence-electron chi connectivity index (χ0n) is 17.1. The third kappa shape index (κ3) is 3.89. The van der Waals surface area contributed by atoms with E-state index in [9.17, 15) is 35.5 Å². The maximum absolute atomic E-state index is 12.9. The number of carbonyl (C=O) groups is 1. The van der Waals surface area contributed by atoms with Crippen LogP contribution in [-0.2, 0) is 4.74 Å². The molecule has 10 nitrogen and oxygen atoms in total. The molecule has 0 atom stereocenters. The van der Waals surface area contributed by atoms with Gasteiger partial charge in [0.05, 0.1) is 22.0 Å². The summed E-state index contributed by atoms with van der Waals surface area (Å²) < 4.78 is 5.31. The quantitative estimate of drug-likeness (QED) is 0.237. The van der Waals surface area contributed by atoms with E-state index < -0.39 is 21.5 Å². The average Bonchev–Trinajstić information content (AvgIpc) is 3.07. The second-order valence-electron chi connectivity index (χ2n) is 7.45. The van der Waals surface area contributed by atoms with Crippen LogP contribution in [0.4, 0.5) is 11.4 Å². The molecule has 0 aliphatic heterocycles. The number of nitro groups is 2. The van der Waals surface area contributed by atoms with Gasteiger partial charge in [0, 0.05) is 35.4 Å². The summed E-state index contributed by atoms with van der Waals surface area (Å²) in [4.78, 5) is 34.3. The van der Waals surface area contributed by atoms with Gasteiger partial charge < -0.3 is 4.74 Å². The second kappa shape index (κ2) is 8.66. The molecule has 0 saturated heterocycles. The maximum atomic E-state index is 12.9. The summed E-state index contributed by atoms with van der Waals surface area (Å²) in [6, 6.07) is 9.48. The molecule has 0 bridgehead atoms. The fraction of sp³-hybridized carbons (Fsp3) is 0.227. The fourth-order valence-electron chi connectivity index (χ4n) is 3.47. The standard InChI is InChI=1S/C22H16N4O6/c1-12(2)5-6-32-22(27)19-9-15(26(30)31)8-18-20(13(10-23)11-24)17-7-14(25(28)29)3-4-16(17)21(18)19/h3-4,7-9,12H,5-6H2,1-2H3. The Morgan fingerprint density at radius 1 is 1.00 bits per heavy atom. The molecule has 0 heterocycles. The molecule has 0 spiro atoms. The van der Waals surface area contributed by atoms with Crippen molar-refractivity contribution in [3.8, 4) is 23.3 Å². The number of nitro benzene ring substituents is 2. The first-order chi connectivity index (χ1) is 15.2. The van der Waals surface area contributed by atoms with Gasteiger partial charge >= 0.3 is 5.97 Å². The highest BCUT2D eigenvalue weighted by Crippen LogP contribution is 2.49. The van der Waals surface area contributed by atoms with E-state index in [0.717, 1.165) is 12.1 Å². The van der Waals surface area contributed by atoms with Crippen LogP contribution in [0.2, 0.25) is 0 Å². The van der Waals surface area contributed by atoms with Gasteiger partial charge in [-0.25, -0.2) is 4.79 Å². The highest BCUT2D eigenvalue weighted by atomic mass is 16.6. The minimum absolute atomic E-state index is 0.00336. The van der Waals surface area contributed by atoms with E-state index in [4.69, 9.17) is 4.74 Å². The van der Waals surface area contributed by atoms with Crippen molar-refractivity contribution in [3.05, 3.63) is 72.8 Å². The molecular weight excluding hydrogens is 416 g/mol. The number of nitrogens with zero attached hydrogens (tertiary/aromatic N) is 4. The Balaban J connectivity index is 2.33. The lowest BCUT2D eigenvalue weighted by Crippen LogP contribution is -2.10. The normalized spacial score (nSPS) is 11.2. The molecule has 2 aromatic carbocycles. The van der Waals surface area contributed by atoms with Crippen molar-refractivity contribution in [2.75, 3.05) is 6.61 Å². The van der Waals surface area contributed by atoms with Gasteiger partial charge in [0.15, 0.2) is 0 Å². The molecule has 0 amide bonds. The van der Waals surface area contributed by atoms with E-state index >= 15 is 0 Å². The summed E-state index contributed by atoms with van der Waals surface area (Å²) in [6.07, 6.45) is 0.587. The number of non-ortho nitro benzene ring substituents is 2. The van der Waals surface area contributed by atoms with Crippen LogP contribution >= 0.6 is 0 Å². The van der Waals surface area contributed by atoms with Gasteiger partial charge in [0.25, 0.3) is 11.4 Å². The molecule has 0 unspecified atom stereocenters. The first-order valence-electron chi connectivity index (χ1n) is 9.53. The number of allylic oxidation sites excluding steroid dienone is 1. The summed E-state index contributed by atoms with van der Waals surface area (Å²) in [5.41, 5.74) is -0.378.